The van der Waals surface area contributed by atoms with Crippen molar-refractivity contribution in [1.29, 1.82) is 0 Å². The smallest absolute Gasteiger partial charge is 0.320 e. The maximum Gasteiger partial charge on any atom is 0.320 e. The number of aryl methyl sites for hydroxylation is 1. The van der Waals surface area contributed by atoms with E-state index in [2.05, 4.69) is 15.7 Å². The molecule has 90 valence electrons. The summed E-state index contributed by atoms with van der Waals surface area (Å²) in [6, 6.07) is 5.43. The molecular weight excluding hydrogens is 218 g/mol. The second-order valence-corrected chi connectivity index (χ2v) is 3.64. The highest BCUT2D eigenvalue weighted by Crippen LogP contribution is 2.02. The monoisotopic (exact) mass is 233 g/mol. The number of nitrogens with one attached hydrogen (secondary N) is 2. The van der Waals surface area contributed by atoms with Crippen molar-refractivity contribution in [3.05, 3.63) is 36.8 Å². The number of nitrogens with zero attached hydrogens (tertiary/aromatic N) is 3. The molecule has 2 N–H and O–H groups in total. The molecule has 2 aromatic rings. The van der Waals surface area contributed by atoms with Gasteiger partial charge in [0, 0.05) is 38.6 Å². The van der Waals surface area contributed by atoms with Crippen LogP contribution in [0.25, 0.3) is 0 Å². The molecule has 17 heavy (non-hydrogen) atoms. The Morgan fingerprint density at radius 3 is 2.82 bits per heavy atom. The molecule has 0 fully saturated rings. The Morgan fingerprint density at radius 1 is 1.41 bits per heavy atom. The molecule has 2 rings (SSSR count). The Morgan fingerprint density at radius 2 is 2.18 bits per heavy atom. The Labute approximate surface area is 99.2 Å². The fourth-order valence-corrected chi connectivity index (χ4v) is 1.47. The van der Waals surface area contributed by atoms with Crippen molar-refractivity contribution in [2.24, 2.45) is 7.05 Å². The van der Waals surface area contributed by atoms with Gasteiger partial charge in [0.15, 0.2) is 0 Å². The number of urea groups is 1. The van der Waals surface area contributed by atoms with Crippen molar-refractivity contribution in [2.45, 2.75) is 6.54 Å². The molecule has 0 atom stereocenters. The van der Waals surface area contributed by atoms with Gasteiger partial charge in [0.25, 0.3) is 0 Å². The first-order chi connectivity index (χ1) is 8.25. The van der Waals surface area contributed by atoms with Crippen LogP contribution in [-0.4, -0.2) is 26.9 Å². The SMILES string of the molecule is Cn1nccc1NC(=O)NCCn1cccc1. The third kappa shape index (κ3) is 3.10. The molecular formula is C11H15N5O. The molecule has 0 unspecified atom stereocenters. The molecule has 0 aliphatic rings. The van der Waals surface area contributed by atoms with E-state index in [9.17, 15) is 4.79 Å². The van der Waals surface area contributed by atoms with Crippen LogP contribution in [0.2, 0.25) is 0 Å². The minimum Gasteiger partial charge on any atom is -0.353 e. The van der Waals surface area contributed by atoms with E-state index in [4.69, 9.17) is 0 Å². The zero-order valence-electron chi connectivity index (χ0n) is 9.63. The molecule has 0 saturated carbocycles. The molecule has 0 saturated heterocycles. The number of hydrogen-bond donors (Lipinski definition) is 2. The minimum absolute atomic E-state index is 0.222. The predicted octanol–water partition coefficient (Wildman–Crippen LogP) is 1.04. The van der Waals surface area contributed by atoms with Crippen LogP contribution in [-0.2, 0) is 13.6 Å². The molecule has 2 amide bonds. The number of hydrogen-bond acceptors (Lipinski definition) is 2. The molecule has 0 aliphatic carbocycles. The van der Waals surface area contributed by atoms with Gasteiger partial charge in [0.05, 0.1) is 6.20 Å². The van der Waals surface area contributed by atoms with Gasteiger partial charge in [-0.1, -0.05) is 0 Å². The fourth-order valence-electron chi connectivity index (χ4n) is 1.47. The van der Waals surface area contributed by atoms with Crippen molar-refractivity contribution in [3.8, 4) is 0 Å². The lowest BCUT2D eigenvalue weighted by molar-refractivity contribution is 0.251. The Hall–Kier alpha value is -2.24. The standard InChI is InChI=1S/C11H15N5O/c1-15-10(4-5-13-15)14-11(17)12-6-9-16-7-2-3-8-16/h2-5,7-8H,6,9H2,1H3,(H2,12,14,17). The quantitative estimate of drug-likeness (QED) is 0.828. The van der Waals surface area contributed by atoms with Gasteiger partial charge in [-0.15, -0.1) is 0 Å². The number of carbonyl (C=O) groups excluding carboxylic acids is 1. The number of carbonyl (C=O) groups is 1. The first-order valence-electron chi connectivity index (χ1n) is 5.39. The second-order valence-electron chi connectivity index (χ2n) is 3.64. The maximum absolute atomic E-state index is 11.5. The molecule has 0 aromatic carbocycles. The molecule has 0 bridgehead atoms. The summed E-state index contributed by atoms with van der Waals surface area (Å²) in [6.07, 6.45) is 5.55. The van der Waals surface area contributed by atoms with Crippen molar-refractivity contribution in [3.63, 3.8) is 0 Å². The van der Waals surface area contributed by atoms with E-state index in [1.807, 2.05) is 29.1 Å². The van der Waals surface area contributed by atoms with E-state index in [-0.39, 0.29) is 6.03 Å². The third-order valence-electron chi connectivity index (χ3n) is 2.38. The highest BCUT2D eigenvalue weighted by Gasteiger charge is 2.03. The lowest BCUT2D eigenvalue weighted by Crippen LogP contribution is -2.31. The number of rotatable bonds is 4. The Bertz CT molecular complexity index is 474. The van der Waals surface area contributed by atoms with E-state index in [0.29, 0.717) is 12.4 Å². The van der Waals surface area contributed by atoms with Gasteiger partial charge in [-0.25, -0.2) is 4.79 Å². The predicted molar refractivity (Wildman–Crippen MR) is 64.7 cm³/mol. The van der Waals surface area contributed by atoms with Crippen molar-refractivity contribution < 1.29 is 4.79 Å². The number of amides is 2. The fraction of sp³-hybridized carbons (Fsp3) is 0.273. The van der Waals surface area contributed by atoms with E-state index in [0.717, 1.165) is 6.54 Å². The lowest BCUT2D eigenvalue weighted by atomic mass is 10.6. The first-order valence-corrected chi connectivity index (χ1v) is 5.39. The number of aromatic nitrogens is 3. The summed E-state index contributed by atoms with van der Waals surface area (Å²) in [7, 11) is 1.77. The second kappa shape index (κ2) is 5.20. The van der Waals surface area contributed by atoms with Crippen molar-refractivity contribution >= 4 is 11.8 Å². The molecule has 2 aromatic heterocycles. The van der Waals surface area contributed by atoms with Crippen LogP contribution in [0.1, 0.15) is 0 Å². The normalized spacial score (nSPS) is 10.2. The van der Waals surface area contributed by atoms with E-state index in [1.54, 1.807) is 24.0 Å². The zero-order chi connectivity index (χ0) is 12.1. The van der Waals surface area contributed by atoms with Gasteiger partial charge in [0.2, 0.25) is 0 Å². The average molecular weight is 233 g/mol. The van der Waals surface area contributed by atoms with Crippen LogP contribution in [0.3, 0.4) is 0 Å². The Kier molecular flexibility index (Phi) is 3.44. The van der Waals surface area contributed by atoms with Gasteiger partial charge in [-0.2, -0.15) is 5.10 Å². The molecule has 0 spiro atoms. The topological polar surface area (TPSA) is 63.9 Å². The molecule has 6 nitrogen and oxygen atoms in total. The summed E-state index contributed by atoms with van der Waals surface area (Å²) in [4.78, 5) is 11.5. The lowest BCUT2D eigenvalue weighted by Gasteiger charge is -2.08. The van der Waals surface area contributed by atoms with Crippen LogP contribution < -0.4 is 10.6 Å². The maximum atomic E-state index is 11.5. The van der Waals surface area contributed by atoms with Crippen molar-refractivity contribution in [1.82, 2.24) is 19.7 Å². The summed E-state index contributed by atoms with van der Waals surface area (Å²) < 4.78 is 3.61. The van der Waals surface area contributed by atoms with Crippen LogP contribution in [0.15, 0.2) is 36.8 Å². The largest absolute Gasteiger partial charge is 0.353 e. The molecule has 2 heterocycles. The van der Waals surface area contributed by atoms with Crippen molar-refractivity contribution in [2.75, 3.05) is 11.9 Å². The number of anilines is 1. The minimum atomic E-state index is -0.222. The summed E-state index contributed by atoms with van der Waals surface area (Å²) in [5.41, 5.74) is 0. The van der Waals surface area contributed by atoms with Crippen LogP contribution in [0, 0.1) is 0 Å². The third-order valence-corrected chi connectivity index (χ3v) is 2.38. The van der Waals surface area contributed by atoms with Gasteiger partial charge in [-0.3, -0.25) is 10.00 Å². The van der Waals surface area contributed by atoms with Gasteiger partial charge < -0.3 is 9.88 Å². The molecule has 0 aliphatic heterocycles. The van der Waals surface area contributed by atoms with E-state index >= 15 is 0 Å². The highest BCUT2D eigenvalue weighted by atomic mass is 16.2. The van der Waals surface area contributed by atoms with Crippen LogP contribution in [0.4, 0.5) is 10.6 Å². The first kappa shape index (κ1) is 11.3. The average Bonchev–Trinajstić information content (AvgIpc) is 2.92. The Balaban J connectivity index is 1.73. The van der Waals surface area contributed by atoms with Crippen LogP contribution in [0.5, 0.6) is 0 Å². The highest BCUT2D eigenvalue weighted by molar-refractivity contribution is 5.88. The van der Waals surface area contributed by atoms with Gasteiger partial charge >= 0.3 is 6.03 Å². The molecule has 0 radical (unpaired) electrons. The summed E-state index contributed by atoms with van der Waals surface area (Å²) in [5.74, 6) is 0.670. The summed E-state index contributed by atoms with van der Waals surface area (Å²) in [5, 5.41) is 9.45. The van der Waals surface area contributed by atoms with Gasteiger partial charge in [-0.05, 0) is 12.1 Å². The van der Waals surface area contributed by atoms with E-state index < -0.39 is 0 Å². The summed E-state index contributed by atoms with van der Waals surface area (Å²) in [6.45, 7) is 1.34. The van der Waals surface area contributed by atoms with Crippen LogP contribution >= 0.6 is 0 Å². The molecule has 6 heteroatoms. The summed E-state index contributed by atoms with van der Waals surface area (Å²) >= 11 is 0. The van der Waals surface area contributed by atoms with Gasteiger partial charge in [0.1, 0.15) is 5.82 Å². The zero-order valence-corrected chi connectivity index (χ0v) is 9.63. The van der Waals surface area contributed by atoms with E-state index in [1.165, 1.54) is 0 Å².